The first-order valence-corrected chi connectivity index (χ1v) is 7.34. The average Bonchev–Trinajstić information content (AvgIpc) is 2.78. The molecule has 0 bridgehead atoms. The van der Waals surface area contributed by atoms with Crippen molar-refractivity contribution in [3.05, 3.63) is 29.0 Å². The van der Waals surface area contributed by atoms with Crippen LogP contribution in [0.3, 0.4) is 0 Å². The second-order valence-corrected chi connectivity index (χ2v) is 5.21. The molecule has 3 nitrogen and oxygen atoms in total. The number of imidazole rings is 1. The highest BCUT2D eigenvalue weighted by atomic mass is 35.5. The van der Waals surface area contributed by atoms with Gasteiger partial charge in [-0.1, -0.05) is 31.0 Å². The van der Waals surface area contributed by atoms with Crippen LogP contribution in [0.2, 0.25) is 5.02 Å². The lowest BCUT2D eigenvalue weighted by molar-refractivity contribution is 0.151. The highest BCUT2D eigenvalue weighted by Crippen LogP contribution is 2.30. The van der Waals surface area contributed by atoms with Crippen molar-refractivity contribution in [1.82, 2.24) is 9.55 Å². The molecule has 1 atom stereocenters. The third kappa shape index (κ3) is 2.88. The van der Waals surface area contributed by atoms with Crippen molar-refractivity contribution in [1.29, 1.82) is 0 Å². The first-order chi connectivity index (χ1) is 9.22. The molecule has 0 amide bonds. The third-order valence-electron chi connectivity index (χ3n) is 3.20. The second kappa shape index (κ2) is 6.60. The zero-order chi connectivity index (χ0) is 13.8. The van der Waals surface area contributed by atoms with E-state index in [2.05, 4.69) is 16.5 Å². The quantitative estimate of drug-likeness (QED) is 0.739. The van der Waals surface area contributed by atoms with Crippen LogP contribution < -0.4 is 0 Å². The van der Waals surface area contributed by atoms with Gasteiger partial charge in [-0.25, -0.2) is 4.98 Å². The average molecular weight is 301 g/mol. The first kappa shape index (κ1) is 14.6. The van der Waals surface area contributed by atoms with Gasteiger partial charge in [-0.2, -0.15) is 0 Å². The van der Waals surface area contributed by atoms with E-state index < -0.39 is 0 Å². The number of halogens is 2. The van der Waals surface area contributed by atoms with Crippen molar-refractivity contribution in [3.8, 4) is 0 Å². The maximum absolute atomic E-state index is 6.33. The minimum absolute atomic E-state index is 0.216. The van der Waals surface area contributed by atoms with Gasteiger partial charge in [0.25, 0.3) is 0 Å². The molecular formula is C14H18Cl2N2O. The fraction of sp³-hybridized carbons (Fsp3) is 0.500. The van der Waals surface area contributed by atoms with Gasteiger partial charge in [-0.15, -0.1) is 11.6 Å². The van der Waals surface area contributed by atoms with Crippen LogP contribution in [0, 0.1) is 0 Å². The Bertz CT molecular complexity index is 548. The number of hydrogen-bond donors (Lipinski definition) is 0. The van der Waals surface area contributed by atoms with Crippen molar-refractivity contribution >= 4 is 34.2 Å². The molecule has 0 spiro atoms. The zero-order valence-corrected chi connectivity index (χ0v) is 12.7. The maximum atomic E-state index is 6.33. The van der Waals surface area contributed by atoms with E-state index in [4.69, 9.17) is 27.9 Å². The van der Waals surface area contributed by atoms with Gasteiger partial charge in [-0.3, -0.25) is 0 Å². The molecule has 1 unspecified atom stereocenters. The number of rotatable bonds is 6. The van der Waals surface area contributed by atoms with Gasteiger partial charge in [-0.05, 0) is 18.6 Å². The molecule has 1 aromatic carbocycles. The van der Waals surface area contributed by atoms with Crippen LogP contribution in [0.4, 0.5) is 0 Å². The number of fused-ring (bicyclic) bond motifs is 1. The number of nitrogens with zero attached hydrogens (tertiary/aromatic N) is 2. The van der Waals surface area contributed by atoms with E-state index in [1.165, 1.54) is 0 Å². The van der Waals surface area contributed by atoms with E-state index in [0.717, 1.165) is 29.7 Å². The van der Waals surface area contributed by atoms with Gasteiger partial charge in [0.05, 0.1) is 34.6 Å². The Morgan fingerprint density at radius 1 is 1.42 bits per heavy atom. The minimum Gasteiger partial charge on any atom is -0.383 e. The van der Waals surface area contributed by atoms with E-state index in [1.54, 1.807) is 7.11 Å². The van der Waals surface area contributed by atoms with Gasteiger partial charge in [0.15, 0.2) is 0 Å². The van der Waals surface area contributed by atoms with Crippen LogP contribution in [0.5, 0.6) is 0 Å². The summed E-state index contributed by atoms with van der Waals surface area (Å²) in [4.78, 5) is 4.57. The van der Waals surface area contributed by atoms with Crippen LogP contribution >= 0.6 is 23.2 Å². The Labute approximate surface area is 123 Å². The van der Waals surface area contributed by atoms with E-state index in [1.807, 2.05) is 18.2 Å². The van der Waals surface area contributed by atoms with E-state index >= 15 is 0 Å². The number of alkyl halides is 1. The normalized spacial score (nSPS) is 13.1. The van der Waals surface area contributed by atoms with Gasteiger partial charge in [0.2, 0.25) is 0 Å². The van der Waals surface area contributed by atoms with Crippen molar-refractivity contribution in [2.24, 2.45) is 0 Å². The predicted octanol–water partition coefficient (Wildman–Crippen LogP) is 4.42. The Balaban J connectivity index is 2.60. The minimum atomic E-state index is 0.216. The second-order valence-electron chi connectivity index (χ2n) is 4.54. The fourth-order valence-corrected chi connectivity index (χ4v) is 2.90. The summed E-state index contributed by atoms with van der Waals surface area (Å²) in [5, 5.41) is 0.707. The van der Waals surface area contributed by atoms with Crippen molar-refractivity contribution in [2.75, 3.05) is 13.7 Å². The van der Waals surface area contributed by atoms with E-state index in [-0.39, 0.29) is 6.04 Å². The summed E-state index contributed by atoms with van der Waals surface area (Å²) in [6.45, 7) is 2.79. The first-order valence-electron chi connectivity index (χ1n) is 6.43. The third-order valence-corrected chi connectivity index (χ3v) is 3.74. The number of methoxy groups -OCH3 is 1. The molecule has 0 fully saturated rings. The summed E-state index contributed by atoms with van der Waals surface area (Å²) >= 11 is 12.4. The van der Waals surface area contributed by atoms with E-state index in [0.29, 0.717) is 17.5 Å². The predicted molar refractivity (Wildman–Crippen MR) is 80.1 cm³/mol. The van der Waals surface area contributed by atoms with Gasteiger partial charge >= 0.3 is 0 Å². The molecule has 5 heteroatoms. The molecule has 0 saturated heterocycles. The van der Waals surface area contributed by atoms with Crippen LogP contribution in [0.1, 0.15) is 31.6 Å². The Morgan fingerprint density at radius 3 is 2.84 bits per heavy atom. The molecule has 1 aromatic heterocycles. The molecule has 0 aliphatic carbocycles. The molecular weight excluding hydrogens is 283 g/mol. The Kier molecular flexibility index (Phi) is 5.08. The highest BCUT2D eigenvalue weighted by molar-refractivity contribution is 6.35. The molecule has 0 aliphatic rings. The Hall–Kier alpha value is -0.770. The van der Waals surface area contributed by atoms with Crippen LogP contribution in [-0.4, -0.2) is 23.3 Å². The molecule has 2 aromatic rings. The fourth-order valence-electron chi connectivity index (χ4n) is 2.45. The highest BCUT2D eigenvalue weighted by Gasteiger charge is 2.19. The standard InChI is InChI=1S/C14H18Cl2N2O/c1-3-5-10(9-19-2)18-13(8-15)17-12-7-4-6-11(16)14(12)18/h4,6-7,10H,3,5,8-9H2,1-2H3. The SMILES string of the molecule is CCCC(COC)n1c(CCl)nc2cccc(Cl)c21. The topological polar surface area (TPSA) is 27.1 Å². The smallest absolute Gasteiger partial charge is 0.125 e. The van der Waals surface area contributed by atoms with Crippen LogP contribution in [0.25, 0.3) is 11.0 Å². The molecule has 0 N–H and O–H groups in total. The number of ether oxygens (including phenoxy) is 1. The number of para-hydroxylation sites is 1. The van der Waals surface area contributed by atoms with Crippen molar-refractivity contribution in [3.63, 3.8) is 0 Å². The molecule has 1 heterocycles. The van der Waals surface area contributed by atoms with Gasteiger partial charge in [0, 0.05) is 7.11 Å². The van der Waals surface area contributed by atoms with Crippen LogP contribution in [0.15, 0.2) is 18.2 Å². The summed E-state index contributed by atoms with van der Waals surface area (Å²) in [5.41, 5.74) is 1.84. The Morgan fingerprint density at radius 2 is 2.21 bits per heavy atom. The van der Waals surface area contributed by atoms with Crippen molar-refractivity contribution < 1.29 is 4.74 Å². The zero-order valence-electron chi connectivity index (χ0n) is 11.2. The lowest BCUT2D eigenvalue weighted by Crippen LogP contribution is -2.17. The summed E-state index contributed by atoms with van der Waals surface area (Å²) in [7, 11) is 1.71. The molecule has 104 valence electrons. The maximum Gasteiger partial charge on any atom is 0.125 e. The van der Waals surface area contributed by atoms with E-state index in [9.17, 15) is 0 Å². The van der Waals surface area contributed by atoms with Crippen LogP contribution in [-0.2, 0) is 10.6 Å². The summed E-state index contributed by atoms with van der Waals surface area (Å²) in [5.74, 6) is 1.22. The lowest BCUT2D eigenvalue weighted by atomic mass is 10.1. The van der Waals surface area contributed by atoms with Gasteiger partial charge < -0.3 is 9.30 Å². The summed E-state index contributed by atoms with van der Waals surface area (Å²) in [6.07, 6.45) is 2.08. The van der Waals surface area contributed by atoms with Crippen molar-refractivity contribution in [2.45, 2.75) is 31.7 Å². The summed E-state index contributed by atoms with van der Waals surface area (Å²) in [6, 6.07) is 5.97. The largest absolute Gasteiger partial charge is 0.383 e. The molecule has 0 aliphatic heterocycles. The monoisotopic (exact) mass is 300 g/mol. The lowest BCUT2D eigenvalue weighted by Gasteiger charge is -2.20. The number of aromatic nitrogens is 2. The summed E-state index contributed by atoms with van der Waals surface area (Å²) < 4.78 is 7.47. The number of hydrogen-bond acceptors (Lipinski definition) is 2. The van der Waals surface area contributed by atoms with Gasteiger partial charge in [0.1, 0.15) is 5.82 Å². The number of benzene rings is 1. The molecule has 2 rings (SSSR count). The molecule has 0 saturated carbocycles. The molecule has 0 radical (unpaired) electrons. The molecule has 19 heavy (non-hydrogen) atoms.